The predicted octanol–water partition coefficient (Wildman–Crippen LogP) is 4.73. The number of hydrogen-bond acceptors (Lipinski definition) is 4. The van der Waals surface area contributed by atoms with Gasteiger partial charge in [0.2, 0.25) is 0 Å². The first kappa shape index (κ1) is 19.2. The number of fused-ring (bicyclic) bond motifs is 1. The van der Waals surface area contributed by atoms with Crippen LogP contribution in [0.25, 0.3) is 23.1 Å². The van der Waals surface area contributed by atoms with Gasteiger partial charge < -0.3 is 15.5 Å². The predicted molar refractivity (Wildman–Crippen MR) is 118 cm³/mol. The van der Waals surface area contributed by atoms with Gasteiger partial charge in [-0.05, 0) is 41.8 Å². The van der Waals surface area contributed by atoms with Crippen molar-refractivity contribution < 1.29 is 4.74 Å². The number of hydrogen-bond donors (Lipinski definition) is 2. The number of H-pyrrole nitrogens is 1. The third kappa shape index (κ3) is 4.83. The average Bonchev–Trinajstić information content (AvgIpc) is 3.16. The Balaban J connectivity index is 1.40. The topological polar surface area (TPSA) is 76.8 Å². The molecule has 4 aromatic rings. The fourth-order valence-corrected chi connectivity index (χ4v) is 3.31. The van der Waals surface area contributed by atoms with Crippen LogP contribution in [0.2, 0.25) is 5.15 Å². The zero-order valence-electron chi connectivity index (χ0n) is 15.8. The van der Waals surface area contributed by atoms with Crippen molar-refractivity contribution in [3.05, 3.63) is 89.1 Å². The molecule has 3 aromatic heterocycles. The van der Waals surface area contributed by atoms with Crippen LogP contribution in [0.3, 0.4) is 0 Å². The molecule has 0 saturated heterocycles. The summed E-state index contributed by atoms with van der Waals surface area (Å²) in [6.07, 6.45) is 11.7. The lowest BCUT2D eigenvalue weighted by atomic mass is 10.1. The largest absolute Gasteiger partial charge is 0.490 e. The van der Waals surface area contributed by atoms with Crippen LogP contribution >= 0.6 is 11.6 Å². The monoisotopic (exact) mass is 404 g/mol. The van der Waals surface area contributed by atoms with Crippen LogP contribution in [-0.4, -0.2) is 27.6 Å². The molecule has 0 amide bonds. The third-order valence-corrected chi connectivity index (χ3v) is 4.94. The van der Waals surface area contributed by atoms with Gasteiger partial charge in [0.1, 0.15) is 17.5 Å². The van der Waals surface area contributed by atoms with Crippen molar-refractivity contribution in [3.63, 3.8) is 0 Å². The van der Waals surface area contributed by atoms with Crippen LogP contribution in [0.15, 0.2) is 67.3 Å². The zero-order chi connectivity index (χ0) is 20.1. The number of benzene rings is 1. The molecule has 4 rings (SSSR count). The minimum Gasteiger partial charge on any atom is -0.490 e. The number of rotatable bonds is 7. The SMILES string of the molecule is N[C@H](COc1cnc(Cl)c(C=Cc2ccncc2)c1)Cc1c[nH]c2ccccc12. The van der Waals surface area contributed by atoms with Gasteiger partial charge in [-0.25, -0.2) is 4.98 Å². The first-order chi connectivity index (χ1) is 14.2. The Morgan fingerprint density at radius 2 is 1.97 bits per heavy atom. The van der Waals surface area contributed by atoms with Crippen molar-refractivity contribution in [2.75, 3.05) is 6.61 Å². The molecule has 0 aliphatic carbocycles. The number of nitrogens with zero attached hydrogens (tertiary/aromatic N) is 2. The molecule has 1 atom stereocenters. The first-order valence-electron chi connectivity index (χ1n) is 9.36. The highest BCUT2D eigenvalue weighted by Gasteiger charge is 2.10. The van der Waals surface area contributed by atoms with Crippen molar-refractivity contribution in [3.8, 4) is 5.75 Å². The first-order valence-corrected chi connectivity index (χ1v) is 9.74. The van der Waals surface area contributed by atoms with Crippen molar-refractivity contribution in [1.29, 1.82) is 0 Å². The highest BCUT2D eigenvalue weighted by atomic mass is 35.5. The van der Waals surface area contributed by atoms with Gasteiger partial charge in [0.25, 0.3) is 0 Å². The Hall–Kier alpha value is -3.15. The lowest BCUT2D eigenvalue weighted by Gasteiger charge is -2.13. The minimum absolute atomic E-state index is 0.138. The summed E-state index contributed by atoms with van der Waals surface area (Å²) in [5.41, 5.74) is 10.4. The minimum atomic E-state index is -0.138. The summed E-state index contributed by atoms with van der Waals surface area (Å²) < 4.78 is 5.88. The zero-order valence-corrected chi connectivity index (χ0v) is 16.5. The smallest absolute Gasteiger partial charge is 0.138 e. The summed E-state index contributed by atoms with van der Waals surface area (Å²) in [6.45, 7) is 0.385. The highest BCUT2D eigenvalue weighted by Crippen LogP contribution is 2.22. The second kappa shape index (κ2) is 8.90. The van der Waals surface area contributed by atoms with Gasteiger partial charge in [-0.15, -0.1) is 0 Å². The number of halogens is 1. The lowest BCUT2D eigenvalue weighted by molar-refractivity contribution is 0.287. The van der Waals surface area contributed by atoms with E-state index in [4.69, 9.17) is 22.1 Å². The Morgan fingerprint density at radius 1 is 1.14 bits per heavy atom. The number of para-hydroxylation sites is 1. The summed E-state index contributed by atoms with van der Waals surface area (Å²) >= 11 is 6.22. The number of pyridine rings is 2. The second-order valence-electron chi connectivity index (χ2n) is 6.80. The van der Waals surface area contributed by atoms with Gasteiger partial charge in [0.15, 0.2) is 0 Å². The van der Waals surface area contributed by atoms with E-state index in [1.165, 1.54) is 10.9 Å². The van der Waals surface area contributed by atoms with Crippen LogP contribution in [0, 0.1) is 0 Å². The molecule has 0 aliphatic heterocycles. The Labute approximate surface area is 174 Å². The van der Waals surface area contributed by atoms with E-state index in [2.05, 4.69) is 27.1 Å². The molecule has 0 aliphatic rings. The van der Waals surface area contributed by atoms with Gasteiger partial charge in [-0.2, -0.15) is 0 Å². The lowest BCUT2D eigenvalue weighted by Crippen LogP contribution is -2.30. The maximum atomic E-state index is 6.30. The van der Waals surface area contributed by atoms with Crippen LogP contribution in [0.1, 0.15) is 16.7 Å². The van der Waals surface area contributed by atoms with Crippen LogP contribution in [0.5, 0.6) is 5.75 Å². The Bertz CT molecular complexity index is 1120. The van der Waals surface area contributed by atoms with E-state index in [-0.39, 0.29) is 6.04 Å². The summed E-state index contributed by atoms with van der Waals surface area (Å²) in [7, 11) is 0. The van der Waals surface area contributed by atoms with Crippen LogP contribution in [0.4, 0.5) is 0 Å². The van der Waals surface area contributed by atoms with Gasteiger partial charge in [-0.1, -0.05) is 42.0 Å². The normalized spacial score (nSPS) is 12.5. The molecule has 6 heteroatoms. The van der Waals surface area contributed by atoms with Gasteiger partial charge in [0.05, 0.1) is 6.20 Å². The van der Waals surface area contributed by atoms with Gasteiger partial charge in [0, 0.05) is 41.1 Å². The van der Waals surface area contributed by atoms with E-state index in [1.54, 1.807) is 18.6 Å². The molecular formula is C23H21ClN4O. The van der Waals surface area contributed by atoms with Crippen molar-refractivity contribution in [2.45, 2.75) is 12.5 Å². The van der Waals surface area contributed by atoms with E-state index in [9.17, 15) is 0 Å². The molecular weight excluding hydrogens is 384 g/mol. The number of nitrogens with two attached hydrogens (primary N) is 1. The molecule has 5 nitrogen and oxygen atoms in total. The Kier molecular flexibility index (Phi) is 5.89. The second-order valence-corrected chi connectivity index (χ2v) is 7.16. The van der Waals surface area contributed by atoms with Crippen molar-refractivity contribution in [1.82, 2.24) is 15.0 Å². The number of aromatic amines is 1. The van der Waals surface area contributed by atoms with E-state index in [0.29, 0.717) is 17.5 Å². The molecule has 0 saturated carbocycles. The number of aromatic nitrogens is 3. The molecule has 146 valence electrons. The summed E-state index contributed by atoms with van der Waals surface area (Å²) in [5.74, 6) is 0.637. The maximum absolute atomic E-state index is 6.30. The molecule has 29 heavy (non-hydrogen) atoms. The molecule has 0 spiro atoms. The molecule has 0 unspecified atom stereocenters. The van der Waals surface area contributed by atoms with Crippen molar-refractivity contribution >= 4 is 34.7 Å². The molecule has 1 aromatic carbocycles. The fraction of sp³-hybridized carbons (Fsp3) is 0.130. The standard InChI is InChI=1S/C23H21ClN4O/c24-23-17(6-5-16-7-9-26-10-8-16)12-20(14-28-23)29-15-19(25)11-18-13-27-22-4-2-1-3-21(18)22/h1-10,12-14,19,27H,11,15,25H2/t19-/m0/s1. The van der Waals surface area contributed by atoms with E-state index in [1.807, 2.05) is 48.7 Å². The van der Waals surface area contributed by atoms with Crippen LogP contribution < -0.4 is 10.5 Å². The quantitative estimate of drug-likeness (QED) is 0.436. The van der Waals surface area contributed by atoms with E-state index < -0.39 is 0 Å². The third-order valence-electron chi connectivity index (χ3n) is 4.62. The molecule has 3 heterocycles. The fourth-order valence-electron chi connectivity index (χ4n) is 3.15. The summed E-state index contributed by atoms with van der Waals surface area (Å²) in [4.78, 5) is 11.5. The van der Waals surface area contributed by atoms with Gasteiger partial charge >= 0.3 is 0 Å². The Morgan fingerprint density at radius 3 is 2.83 bits per heavy atom. The van der Waals surface area contributed by atoms with E-state index in [0.717, 1.165) is 23.1 Å². The number of ether oxygens (including phenoxy) is 1. The van der Waals surface area contributed by atoms with E-state index >= 15 is 0 Å². The number of nitrogens with one attached hydrogen (secondary N) is 1. The van der Waals surface area contributed by atoms with Crippen LogP contribution in [-0.2, 0) is 6.42 Å². The molecule has 0 fully saturated rings. The average molecular weight is 405 g/mol. The summed E-state index contributed by atoms with van der Waals surface area (Å²) in [6, 6.07) is 13.8. The molecule has 3 N–H and O–H groups in total. The summed E-state index contributed by atoms with van der Waals surface area (Å²) in [5, 5.41) is 1.62. The molecule has 0 radical (unpaired) electrons. The maximum Gasteiger partial charge on any atom is 0.138 e. The van der Waals surface area contributed by atoms with Crippen molar-refractivity contribution in [2.24, 2.45) is 5.73 Å². The molecule has 0 bridgehead atoms. The highest BCUT2D eigenvalue weighted by molar-refractivity contribution is 6.31. The van der Waals surface area contributed by atoms with Gasteiger partial charge in [-0.3, -0.25) is 4.98 Å².